The molecule has 5 amide bonds. The van der Waals surface area contributed by atoms with Crippen molar-refractivity contribution in [1.82, 2.24) is 20.1 Å². The number of unbranched alkanes of at least 4 members (excludes halogenated alkanes) is 5. The third kappa shape index (κ3) is 8.20. The summed E-state index contributed by atoms with van der Waals surface area (Å²) in [7, 11) is 0. The molecule has 12 nitrogen and oxygen atoms in total. The van der Waals surface area contributed by atoms with Crippen LogP contribution in [0.5, 0.6) is 0 Å². The number of fused-ring (bicyclic) bond motifs is 4. The number of piperidine rings is 1. The van der Waals surface area contributed by atoms with E-state index in [1.807, 2.05) is 35.2 Å². The Morgan fingerprint density at radius 3 is 2.53 bits per heavy atom. The number of aliphatic hydroxyl groups is 1. The summed E-state index contributed by atoms with van der Waals surface area (Å²) in [6.45, 7) is 1.23. The van der Waals surface area contributed by atoms with Crippen LogP contribution < -0.4 is 16.0 Å². The lowest BCUT2D eigenvalue weighted by atomic mass is 9.82. The van der Waals surface area contributed by atoms with Gasteiger partial charge in [0, 0.05) is 53.5 Å². The van der Waals surface area contributed by atoms with Crippen molar-refractivity contribution < 1.29 is 33.5 Å². The number of carbonyl (C=O) groups excluding carboxylic acids is 5. The summed E-state index contributed by atoms with van der Waals surface area (Å²) in [6, 6.07) is 19.9. The first-order valence-electron chi connectivity index (χ1n) is 20.5. The number of nitrogens with zero attached hydrogens (tertiary/aromatic N) is 3. The Hall–Kier alpha value is -5.60. The zero-order valence-electron chi connectivity index (χ0n) is 32.6. The highest BCUT2D eigenvalue weighted by Gasteiger charge is 2.47. The molecule has 2 fully saturated rings. The monoisotopic (exact) mass is 818 g/mol. The van der Waals surface area contributed by atoms with E-state index in [0.717, 1.165) is 84.0 Å². The highest BCUT2D eigenvalue weighted by atomic mass is 32.2. The number of thioether (sulfide) groups is 1. The molecule has 14 heteroatoms. The smallest absolute Gasteiger partial charge is 0.272 e. The Labute approximate surface area is 346 Å². The van der Waals surface area contributed by atoms with E-state index >= 15 is 4.39 Å². The molecular weight excluding hydrogens is 772 g/mol. The first-order valence-corrected chi connectivity index (χ1v) is 21.5. The number of halogens is 1. The van der Waals surface area contributed by atoms with Gasteiger partial charge in [-0.15, -0.1) is 11.8 Å². The summed E-state index contributed by atoms with van der Waals surface area (Å²) in [4.78, 5) is 72.0. The quantitative estimate of drug-likeness (QED) is 0.0569. The minimum absolute atomic E-state index is 0.00364. The molecule has 2 saturated heterocycles. The maximum absolute atomic E-state index is 15.4. The fraction of sp³-hybridized carbons (Fsp3) is 0.378. The van der Waals surface area contributed by atoms with Crippen LogP contribution in [0, 0.1) is 11.7 Å². The van der Waals surface area contributed by atoms with Crippen LogP contribution in [0.4, 0.5) is 15.8 Å². The number of hydrogen-bond acceptors (Lipinski definition) is 10. The minimum atomic E-state index is -0.979. The highest BCUT2D eigenvalue weighted by molar-refractivity contribution is 7.99. The van der Waals surface area contributed by atoms with E-state index in [1.165, 1.54) is 6.07 Å². The molecule has 4 aliphatic rings. The molecule has 59 heavy (non-hydrogen) atoms. The summed E-state index contributed by atoms with van der Waals surface area (Å²) >= 11 is 1.54. The number of benzene rings is 3. The largest absolute Gasteiger partial charge is 0.394 e. The molecule has 1 unspecified atom stereocenters. The van der Waals surface area contributed by atoms with Gasteiger partial charge in [-0.05, 0) is 97.2 Å². The Morgan fingerprint density at radius 2 is 1.73 bits per heavy atom. The van der Waals surface area contributed by atoms with Crippen molar-refractivity contribution in [2.45, 2.75) is 80.8 Å². The lowest BCUT2D eigenvalue weighted by molar-refractivity contribution is -0.136. The molecule has 3 aromatic carbocycles. The predicted octanol–water partition coefficient (Wildman–Crippen LogP) is 6.82. The number of imide groups is 2. The third-order valence-corrected chi connectivity index (χ3v) is 13.0. The summed E-state index contributed by atoms with van der Waals surface area (Å²) < 4.78 is 15.4. The number of carbonyl (C=O) groups is 5. The van der Waals surface area contributed by atoms with Gasteiger partial charge in [-0.25, -0.2) is 4.39 Å². The standard InChI is InChI=1S/C45H47FN6O6S/c46-33-15-14-28(25-31(33)27-13-16-34-32(24-27)41-29(36(26-53)49-34)19-22-51(41)44(57)35-11-5-7-21-48-35)47-20-6-3-1-2-4-8-23-59-38-12-9-10-30-40(38)45(58)52(43(30)56)37-17-18-39(54)50-42(37)55/h5,7,9-16,21,24-25,29,36-37,41,47,49,53H,1-4,6,8,17-20,22-23,26H2,(H,50,54,55)/t29-,36-,37?,41-/m1/s1. The number of aliphatic hydroxyl groups excluding tert-OH is 1. The fourth-order valence-corrected chi connectivity index (χ4v) is 9.99. The molecule has 0 radical (unpaired) electrons. The van der Waals surface area contributed by atoms with E-state index in [9.17, 15) is 29.1 Å². The number of rotatable bonds is 15. The van der Waals surface area contributed by atoms with Crippen LogP contribution in [0.1, 0.15) is 101 Å². The molecule has 306 valence electrons. The average Bonchev–Trinajstić information content (AvgIpc) is 3.81. The molecule has 8 rings (SSSR count). The number of amides is 5. The summed E-state index contributed by atoms with van der Waals surface area (Å²) in [6.07, 6.45) is 8.66. The van der Waals surface area contributed by atoms with Crippen LogP contribution in [0.2, 0.25) is 0 Å². The van der Waals surface area contributed by atoms with Crippen molar-refractivity contribution >= 4 is 52.7 Å². The van der Waals surface area contributed by atoms with Crippen LogP contribution in [0.25, 0.3) is 11.1 Å². The van der Waals surface area contributed by atoms with Crippen molar-refractivity contribution in [3.05, 3.63) is 107 Å². The summed E-state index contributed by atoms with van der Waals surface area (Å²) in [5.74, 6) is -1.68. The zero-order chi connectivity index (χ0) is 41.0. The van der Waals surface area contributed by atoms with Gasteiger partial charge in [0.25, 0.3) is 17.7 Å². The van der Waals surface area contributed by atoms with Crippen molar-refractivity contribution in [2.24, 2.45) is 5.92 Å². The van der Waals surface area contributed by atoms with Crippen molar-refractivity contribution in [3.8, 4) is 11.1 Å². The SMILES string of the molecule is O=C1CCC(N2C(=O)c3cccc(SCCCCCCCCNc4ccc(F)c(-c5ccc6c(c5)[C@H]5[C@H](CCN5C(=O)c5ccccn5)[C@@H](CO)N6)c4)c3C2=O)C(=O)N1. The van der Waals surface area contributed by atoms with Gasteiger partial charge in [0.1, 0.15) is 17.6 Å². The topological polar surface area (TPSA) is 161 Å². The van der Waals surface area contributed by atoms with Crippen LogP contribution in [-0.4, -0.2) is 87.0 Å². The lowest BCUT2D eigenvalue weighted by Gasteiger charge is -2.39. The van der Waals surface area contributed by atoms with Crippen LogP contribution in [0.15, 0.2) is 83.9 Å². The zero-order valence-corrected chi connectivity index (χ0v) is 33.4. The van der Waals surface area contributed by atoms with E-state index in [-0.39, 0.29) is 49.2 Å². The second kappa shape index (κ2) is 17.7. The molecule has 1 aromatic heterocycles. The van der Waals surface area contributed by atoms with Gasteiger partial charge in [0.2, 0.25) is 11.8 Å². The maximum Gasteiger partial charge on any atom is 0.272 e. The third-order valence-electron chi connectivity index (χ3n) is 11.9. The van der Waals surface area contributed by atoms with E-state index in [2.05, 4.69) is 20.9 Å². The van der Waals surface area contributed by atoms with Crippen LogP contribution >= 0.6 is 11.8 Å². The molecule has 0 aliphatic carbocycles. The number of anilines is 2. The Bertz CT molecular complexity index is 2270. The Balaban J connectivity index is 0.804. The minimum Gasteiger partial charge on any atom is -0.394 e. The summed E-state index contributed by atoms with van der Waals surface area (Å²) in [5.41, 5.74) is 4.77. The second-order valence-electron chi connectivity index (χ2n) is 15.6. The fourth-order valence-electron chi connectivity index (χ4n) is 8.90. The number of hydrogen-bond donors (Lipinski definition) is 4. The number of nitrogens with one attached hydrogen (secondary N) is 3. The van der Waals surface area contributed by atoms with Crippen molar-refractivity contribution in [1.29, 1.82) is 0 Å². The van der Waals surface area contributed by atoms with Crippen LogP contribution in [-0.2, 0) is 9.59 Å². The van der Waals surface area contributed by atoms with Crippen molar-refractivity contribution in [3.63, 3.8) is 0 Å². The van der Waals surface area contributed by atoms with Gasteiger partial charge >= 0.3 is 0 Å². The van der Waals surface area contributed by atoms with Gasteiger partial charge in [-0.2, -0.15) is 0 Å². The molecule has 4 aromatic rings. The first-order chi connectivity index (χ1) is 28.7. The second-order valence-corrected chi connectivity index (χ2v) is 16.7. The number of aromatic nitrogens is 1. The van der Waals surface area contributed by atoms with Gasteiger partial charge in [-0.3, -0.25) is 39.2 Å². The molecule has 0 spiro atoms. The molecule has 5 heterocycles. The van der Waals surface area contributed by atoms with Gasteiger partial charge in [0.15, 0.2) is 0 Å². The highest BCUT2D eigenvalue weighted by Crippen LogP contribution is 2.48. The molecule has 4 aliphatic heterocycles. The lowest BCUT2D eigenvalue weighted by Crippen LogP contribution is -2.54. The number of likely N-dealkylation sites (tertiary alicyclic amines) is 1. The van der Waals surface area contributed by atoms with Gasteiger partial charge in [0.05, 0.1) is 29.8 Å². The molecule has 0 saturated carbocycles. The predicted molar refractivity (Wildman–Crippen MR) is 222 cm³/mol. The molecule has 4 atom stereocenters. The molecule has 0 bridgehead atoms. The van der Waals surface area contributed by atoms with Crippen molar-refractivity contribution in [2.75, 3.05) is 36.1 Å². The van der Waals surface area contributed by atoms with E-state index in [4.69, 9.17) is 0 Å². The average molecular weight is 819 g/mol. The maximum atomic E-state index is 15.4. The van der Waals surface area contributed by atoms with E-state index in [1.54, 1.807) is 54.4 Å². The molecule has 4 N–H and O–H groups in total. The van der Waals surface area contributed by atoms with E-state index in [0.29, 0.717) is 34.5 Å². The molecular formula is C45H47FN6O6S. The summed E-state index contributed by atoms with van der Waals surface area (Å²) in [5, 5.41) is 19.4. The Kier molecular flexibility index (Phi) is 12.1. The van der Waals surface area contributed by atoms with Crippen LogP contribution in [0.3, 0.4) is 0 Å². The normalized spacial score (nSPS) is 20.8. The van der Waals surface area contributed by atoms with Gasteiger partial charge < -0.3 is 20.6 Å². The Morgan fingerprint density at radius 1 is 0.898 bits per heavy atom. The van der Waals surface area contributed by atoms with E-state index < -0.39 is 29.7 Å². The first kappa shape index (κ1) is 40.2. The number of pyridine rings is 1. The van der Waals surface area contributed by atoms with Gasteiger partial charge in [-0.1, -0.05) is 43.9 Å².